The maximum absolute atomic E-state index is 12.6. The van der Waals surface area contributed by atoms with Crippen LogP contribution >= 0.6 is 11.6 Å². The van der Waals surface area contributed by atoms with Crippen molar-refractivity contribution in [1.82, 2.24) is 0 Å². The van der Waals surface area contributed by atoms with Gasteiger partial charge < -0.3 is 0 Å². The Balaban J connectivity index is 2.17. The number of rotatable bonds is 1. The quantitative estimate of drug-likeness (QED) is 0.760. The second kappa shape index (κ2) is 5.04. The summed E-state index contributed by atoms with van der Waals surface area (Å²) in [6.45, 7) is 0. The minimum atomic E-state index is -0.430. The molecule has 0 saturated carbocycles. The Hall–Kier alpha value is -2.64. The Morgan fingerprint density at radius 2 is 1.90 bits per heavy atom. The third-order valence-corrected chi connectivity index (χ3v) is 3.60. The van der Waals surface area contributed by atoms with Crippen molar-refractivity contribution in [3.8, 4) is 6.07 Å². The summed E-state index contributed by atoms with van der Waals surface area (Å²) in [5, 5.41) is 9.53. The zero-order valence-corrected chi connectivity index (χ0v) is 11.6. The van der Waals surface area contributed by atoms with Crippen LogP contribution in [0.25, 0.3) is 0 Å². The number of nitrogens with zero attached hydrogens (tertiary/aromatic N) is 2. The van der Waals surface area contributed by atoms with Crippen LogP contribution in [0.4, 0.5) is 5.69 Å². The number of carbonyl (C=O) groups excluding carboxylic acids is 2. The topological polar surface area (TPSA) is 61.2 Å². The maximum atomic E-state index is 12.6. The molecule has 0 saturated heterocycles. The first-order valence-corrected chi connectivity index (χ1v) is 6.64. The zero-order chi connectivity index (χ0) is 15.0. The number of fused-ring (bicyclic) bond motifs is 1. The molecular weight excluding hydrogens is 288 g/mol. The molecule has 3 rings (SSSR count). The van der Waals surface area contributed by atoms with Crippen LogP contribution in [-0.4, -0.2) is 11.8 Å². The normalized spacial score (nSPS) is 13.8. The van der Waals surface area contributed by atoms with Crippen molar-refractivity contribution in [3.05, 3.63) is 64.2 Å². The van der Waals surface area contributed by atoms with Gasteiger partial charge in [-0.25, -0.2) is 4.90 Å². The molecule has 0 fully saturated rings. The lowest BCUT2D eigenvalue weighted by molar-refractivity contribution is -0.117. The van der Waals surface area contributed by atoms with Gasteiger partial charge in [-0.3, -0.25) is 9.59 Å². The van der Waals surface area contributed by atoms with Crippen molar-refractivity contribution in [2.45, 2.75) is 6.42 Å². The fourth-order valence-electron chi connectivity index (χ4n) is 2.39. The molecule has 1 aliphatic rings. The fourth-order valence-corrected chi connectivity index (χ4v) is 2.55. The Kier molecular flexibility index (Phi) is 3.20. The lowest BCUT2D eigenvalue weighted by Gasteiger charge is -2.27. The van der Waals surface area contributed by atoms with Gasteiger partial charge in [-0.2, -0.15) is 5.26 Å². The molecule has 5 heteroatoms. The van der Waals surface area contributed by atoms with E-state index in [0.717, 1.165) is 4.90 Å². The molecule has 0 bridgehead atoms. The Labute approximate surface area is 126 Å². The lowest BCUT2D eigenvalue weighted by atomic mass is 9.97. The van der Waals surface area contributed by atoms with Gasteiger partial charge in [0.1, 0.15) is 6.07 Å². The SMILES string of the molecule is N#Cc1ccc(Cl)cc1N1C(=O)Cc2ccccc2C1=O. The Morgan fingerprint density at radius 1 is 1.14 bits per heavy atom. The van der Waals surface area contributed by atoms with Crippen LogP contribution in [-0.2, 0) is 11.2 Å². The first kappa shape index (κ1) is 13.3. The third-order valence-electron chi connectivity index (χ3n) is 3.36. The van der Waals surface area contributed by atoms with E-state index in [1.165, 1.54) is 12.1 Å². The maximum Gasteiger partial charge on any atom is 0.265 e. The molecule has 0 aliphatic carbocycles. The number of hydrogen-bond donors (Lipinski definition) is 0. The summed E-state index contributed by atoms with van der Waals surface area (Å²) in [6.07, 6.45) is 0.124. The van der Waals surface area contributed by atoms with Gasteiger partial charge in [0.2, 0.25) is 5.91 Å². The van der Waals surface area contributed by atoms with Crippen molar-refractivity contribution in [3.63, 3.8) is 0 Å². The van der Waals surface area contributed by atoms with Crippen LogP contribution in [0.3, 0.4) is 0 Å². The van der Waals surface area contributed by atoms with Crippen molar-refractivity contribution in [1.29, 1.82) is 5.26 Å². The molecule has 0 spiro atoms. The summed E-state index contributed by atoms with van der Waals surface area (Å²) in [5.74, 6) is -0.793. The van der Waals surface area contributed by atoms with E-state index in [1.807, 2.05) is 6.07 Å². The van der Waals surface area contributed by atoms with Crippen molar-refractivity contribution < 1.29 is 9.59 Å². The van der Waals surface area contributed by atoms with Crippen LogP contribution in [0.15, 0.2) is 42.5 Å². The predicted octanol–water partition coefficient (Wildman–Crippen LogP) is 2.94. The predicted molar refractivity (Wildman–Crippen MR) is 78.1 cm³/mol. The highest BCUT2D eigenvalue weighted by molar-refractivity contribution is 6.31. The number of amides is 2. The molecule has 0 atom stereocenters. The van der Waals surface area contributed by atoms with Gasteiger partial charge in [0.25, 0.3) is 5.91 Å². The molecule has 2 aromatic rings. The van der Waals surface area contributed by atoms with E-state index < -0.39 is 5.91 Å². The van der Waals surface area contributed by atoms with E-state index in [9.17, 15) is 9.59 Å². The fraction of sp³-hybridized carbons (Fsp3) is 0.0625. The third kappa shape index (κ3) is 2.18. The first-order chi connectivity index (χ1) is 10.1. The number of halogens is 1. The van der Waals surface area contributed by atoms with Gasteiger partial charge in [0, 0.05) is 10.6 Å². The summed E-state index contributed by atoms with van der Waals surface area (Å²) in [4.78, 5) is 25.9. The molecule has 2 aromatic carbocycles. The molecule has 0 unspecified atom stereocenters. The van der Waals surface area contributed by atoms with E-state index in [0.29, 0.717) is 16.1 Å². The first-order valence-electron chi connectivity index (χ1n) is 6.26. The molecule has 4 nitrogen and oxygen atoms in total. The molecule has 21 heavy (non-hydrogen) atoms. The van der Waals surface area contributed by atoms with Crippen LogP contribution in [0, 0.1) is 11.3 Å². The van der Waals surface area contributed by atoms with E-state index in [-0.39, 0.29) is 23.6 Å². The van der Waals surface area contributed by atoms with E-state index in [1.54, 1.807) is 30.3 Å². The molecule has 0 N–H and O–H groups in total. The molecule has 0 aromatic heterocycles. The highest BCUT2D eigenvalue weighted by Gasteiger charge is 2.33. The summed E-state index contributed by atoms with van der Waals surface area (Å²) in [6, 6.07) is 13.5. The number of nitriles is 1. The van der Waals surface area contributed by atoms with E-state index >= 15 is 0 Å². The van der Waals surface area contributed by atoms with Crippen molar-refractivity contribution in [2.24, 2.45) is 0 Å². The van der Waals surface area contributed by atoms with Crippen LogP contribution in [0.1, 0.15) is 21.5 Å². The van der Waals surface area contributed by atoms with Gasteiger partial charge in [-0.05, 0) is 29.8 Å². The molecule has 102 valence electrons. The summed E-state index contributed by atoms with van der Waals surface area (Å²) in [5.41, 5.74) is 1.64. The minimum absolute atomic E-state index is 0.124. The standard InChI is InChI=1S/C16H9ClN2O2/c17-12-6-5-11(9-18)14(8-12)19-15(20)7-10-3-1-2-4-13(10)16(19)21/h1-6,8H,7H2. The van der Waals surface area contributed by atoms with E-state index in [4.69, 9.17) is 16.9 Å². The molecule has 1 aliphatic heterocycles. The highest BCUT2D eigenvalue weighted by atomic mass is 35.5. The highest BCUT2D eigenvalue weighted by Crippen LogP contribution is 2.30. The lowest BCUT2D eigenvalue weighted by Crippen LogP contribution is -2.42. The van der Waals surface area contributed by atoms with Gasteiger partial charge in [-0.15, -0.1) is 0 Å². The number of hydrogen-bond acceptors (Lipinski definition) is 3. The largest absolute Gasteiger partial charge is 0.274 e. The monoisotopic (exact) mass is 296 g/mol. The molecule has 0 radical (unpaired) electrons. The van der Waals surface area contributed by atoms with Gasteiger partial charge in [-0.1, -0.05) is 29.8 Å². The second-order valence-electron chi connectivity index (χ2n) is 4.64. The number of benzene rings is 2. The molecular formula is C16H9ClN2O2. The molecule has 2 amide bonds. The smallest absolute Gasteiger partial charge is 0.265 e. The van der Waals surface area contributed by atoms with Crippen LogP contribution in [0.2, 0.25) is 5.02 Å². The summed E-state index contributed by atoms with van der Waals surface area (Å²) in [7, 11) is 0. The van der Waals surface area contributed by atoms with Crippen molar-refractivity contribution in [2.75, 3.05) is 4.90 Å². The average Bonchev–Trinajstić information content (AvgIpc) is 2.47. The van der Waals surface area contributed by atoms with Crippen LogP contribution < -0.4 is 4.90 Å². The second-order valence-corrected chi connectivity index (χ2v) is 5.08. The van der Waals surface area contributed by atoms with Gasteiger partial charge in [0.15, 0.2) is 0 Å². The zero-order valence-electron chi connectivity index (χ0n) is 10.8. The van der Waals surface area contributed by atoms with Crippen molar-refractivity contribution >= 4 is 29.1 Å². The van der Waals surface area contributed by atoms with Gasteiger partial charge >= 0.3 is 0 Å². The molecule has 1 heterocycles. The number of anilines is 1. The van der Waals surface area contributed by atoms with Gasteiger partial charge in [0.05, 0.1) is 17.7 Å². The Bertz CT molecular complexity index is 808. The number of carbonyl (C=O) groups is 2. The summed E-state index contributed by atoms with van der Waals surface area (Å²) >= 11 is 5.93. The average molecular weight is 297 g/mol. The van der Waals surface area contributed by atoms with E-state index in [2.05, 4.69) is 0 Å². The minimum Gasteiger partial charge on any atom is -0.274 e. The van der Waals surface area contributed by atoms with Crippen LogP contribution in [0.5, 0.6) is 0 Å². The summed E-state index contributed by atoms with van der Waals surface area (Å²) < 4.78 is 0. The Morgan fingerprint density at radius 3 is 2.67 bits per heavy atom. The number of imide groups is 1.